The SMILES string of the molecule is Cc1[nH]nc(S(=O)(=O)N(CC2CC2)C2CC2)c1CN. The molecule has 0 radical (unpaired) electrons. The molecule has 3 rings (SSSR count). The number of nitrogens with two attached hydrogens (primary N) is 1. The van der Waals surface area contributed by atoms with Crippen LogP contribution in [0, 0.1) is 12.8 Å². The van der Waals surface area contributed by atoms with Crippen LogP contribution in [0.15, 0.2) is 5.03 Å². The number of aromatic amines is 1. The molecule has 0 saturated heterocycles. The Morgan fingerprint density at radius 1 is 1.37 bits per heavy atom. The van der Waals surface area contributed by atoms with Crippen molar-refractivity contribution in [1.29, 1.82) is 0 Å². The molecule has 0 spiro atoms. The van der Waals surface area contributed by atoms with Gasteiger partial charge in [0.2, 0.25) is 0 Å². The van der Waals surface area contributed by atoms with Crippen LogP contribution in [0.2, 0.25) is 0 Å². The predicted molar refractivity (Wildman–Crippen MR) is 70.9 cm³/mol. The summed E-state index contributed by atoms with van der Waals surface area (Å²) in [6.07, 6.45) is 4.21. The number of H-pyrrole nitrogens is 1. The summed E-state index contributed by atoms with van der Waals surface area (Å²) in [6.45, 7) is 2.64. The minimum Gasteiger partial charge on any atom is -0.326 e. The summed E-state index contributed by atoms with van der Waals surface area (Å²) in [4.78, 5) is 0. The highest BCUT2D eigenvalue weighted by Gasteiger charge is 2.42. The van der Waals surface area contributed by atoms with Crippen LogP contribution in [0.5, 0.6) is 0 Å². The Hall–Kier alpha value is -0.920. The maximum absolute atomic E-state index is 12.8. The predicted octanol–water partition coefficient (Wildman–Crippen LogP) is 0.740. The molecule has 7 heteroatoms. The van der Waals surface area contributed by atoms with Gasteiger partial charge in [-0.3, -0.25) is 5.10 Å². The Balaban J connectivity index is 1.94. The molecule has 2 fully saturated rings. The number of hydrogen-bond donors (Lipinski definition) is 2. The Bertz CT molecular complexity index is 573. The number of sulfonamides is 1. The fourth-order valence-electron chi connectivity index (χ4n) is 2.36. The molecular weight excluding hydrogens is 264 g/mol. The van der Waals surface area contributed by atoms with E-state index in [1.807, 2.05) is 0 Å². The van der Waals surface area contributed by atoms with Crippen LogP contribution >= 0.6 is 0 Å². The van der Waals surface area contributed by atoms with Gasteiger partial charge >= 0.3 is 0 Å². The number of nitrogens with zero attached hydrogens (tertiary/aromatic N) is 2. The summed E-state index contributed by atoms with van der Waals surface area (Å²) in [5.41, 5.74) is 7.01. The summed E-state index contributed by atoms with van der Waals surface area (Å²) >= 11 is 0. The van der Waals surface area contributed by atoms with Gasteiger partial charge in [0.25, 0.3) is 10.0 Å². The molecule has 0 amide bonds. The number of hydrogen-bond acceptors (Lipinski definition) is 4. The smallest absolute Gasteiger partial charge is 0.262 e. The van der Waals surface area contributed by atoms with Gasteiger partial charge in [-0.1, -0.05) is 0 Å². The van der Waals surface area contributed by atoms with Crippen molar-refractivity contribution < 1.29 is 8.42 Å². The maximum Gasteiger partial charge on any atom is 0.262 e. The highest BCUT2D eigenvalue weighted by molar-refractivity contribution is 7.89. The second-order valence-corrected chi connectivity index (χ2v) is 7.39. The van der Waals surface area contributed by atoms with Gasteiger partial charge in [0, 0.05) is 30.4 Å². The lowest BCUT2D eigenvalue weighted by atomic mass is 10.3. The largest absolute Gasteiger partial charge is 0.326 e. The van der Waals surface area contributed by atoms with Crippen LogP contribution in [0.3, 0.4) is 0 Å². The van der Waals surface area contributed by atoms with Gasteiger partial charge in [-0.05, 0) is 38.5 Å². The van der Waals surface area contributed by atoms with E-state index in [-0.39, 0.29) is 17.6 Å². The highest BCUT2D eigenvalue weighted by Crippen LogP contribution is 2.38. The summed E-state index contributed by atoms with van der Waals surface area (Å²) < 4.78 is 27.2. The summed E-state index contributed by atoms with van der Waals surface area (Å²) in [5.74, 6) is 0.539. The monoisotopic (exact) mass is 284 g/mol. The molecule has 1 aromatic heterocycles. The van der Waals surface area contributed by atoms with Crippen molar-refractivity contribution in [3.05, 3.63) is 11.3 Å². The lowest BCUT2D eigenvalue weighted by molar-refractivity contribution is 0.386. The van der Waals surface area contributed by atoms with Crippen LogP contribution in [-0.2, 0) is 16.6 Å². The molecule has 2 aliphatic carbocycles. The van der Waals surface area contributed by atoms with E-state index in [0.717, 1.165) is 31.4 Å². The Morgan fingerprint density at radius 2 is 2.05 bits per heavy atom. The topological polar surface area (TPSA) is 92.1 Å². The molecule has 3 N–H and O–H groups in total. The molecule has 0 atom stereocenters. The van der Waals surface area contributed by atoms with Crippen LogP contribution in [-0.4, -0.2) is 35.5 Å². The summed E-state index contributed by atoms with van der Waals surface area (Å²) in [7, 11) is -3.50. The first-order valence-corrected chi connectivity index (χ1v) is 8.23. The Morgan fingerprint density at radius 3 is 2.58 bits per heavy atom. The van der Waals surface area contributed by atoms with Crippen molar-refractivity contribution >= 4 is 10.0 Å². The van der Waals surface area contributed by atoms with Crippen molar-refractivity contribution in [3.8, 4) is 0 Å². The van der Waals surface area contributed by atoms with E-state index < -0.39 is 10.0 Å². The van der Waals surface area contributed by atoms with Gasteiger partial charge in [-0.25, -0.2) is 8.42 Å². The van der Waals surface area contributed by atoms with E-state index in [1.165, 1.54) is 0 Å². The van der Waals surface area contributed by atoms with Gasteiger partial charge in [0.1, 0.15) is 0 Å². The second-order valence-electron chi connectivity index (χ2n) is 5.59. The van der Waals surface area contributed by atoms with E-state index in [2.05, 4.69) is 10.2 Å². The van der Waals surface area contributed by atoms with Gasteiger partial charge in [-0.2, -0.15) is 9.40 Å². The molecule has 6 nitrogen and oxygen atoms in total. The molecule has 0 aliphatic heterocycles. The van der Waals surface area contributed by atoms with Crippen molar-refractivity contribution in [1.82, 2.24) is 14.5 Å². The first-order valence-electron chi connectivity index (χ1n) is 6.79. The van der Waals surface area contributed by atoms with Crippen molar-refractivity contribution in [2.45, 2.75) is 50.2 Å². The molecule has 19 heavy (non-hydrogen) atoms. The van der Waals surface area contributed by atoms with Crippen molar-refractivity contribution in [3.63, 3.8) is 0 Å². The van der Waals surface area contributed by atoms with Gasteiger partial charge in [0.05, 0.1) is 0 Å². The van der Waals surface area contributed by atoms with Crippen LogP contribution in [0.4, 0.5) is 0 Å². The molecular formula is C12H20N4O2S. The lowest BCUT2D eigenvalue weighted by Crippen LogP contribution is -2.35. The molecule has 2 aliphatic rings. The standard InChI is InChI=1S/C12H20N4O2S/c1-8-11(6-13)12(15-14-8)19(17,18)16(10-4-5-10)7-9-2-3-9/h9-10H,2-7,13H2,1H3,(H,14,15). The van der Waals surface area contributed by atoms with Gasteiger partial charge in [0.15, 0.2) is 5.03 Å². The van der Waals surface area contributed by atoms with E-state index >= 15 is 0 Å². The highest BCUT2D eigenvalue weighted by atomic mass is 32.2. The van der Waals surface area contributed by atoms with Crippen LogP contribution in [0.1, 0.15) is 36.9 Å². The zero-order valence-corrected chi connectivity index (χ0v) is 11.9. The number of nitrogens with one attached hydrogen (secondary N) is 1. The summed E-state index contributed by atoms with van der Waals surface area (Å²) in [6, 6.07) is 0.174. The molecule has 0 bridgehead atoms. The minimum absolute atomic E-state index is 0.125. The van der Waals surface area contributed by atoms with E-state index in [9.17, 15) is 8.42 Å². The first kappa shape index (κ1) is 13.1. The molecule has 2 saturated carbocycles. The molecule has 0 unspecified atom stereocenters. The third-order valence-corrected chi connectivity index (χ3v) is 5.77. The first-order chi connectivity index (χ1) is 9.04. The van der Waals surface area contributed by atoms with Crippen molar-refractivity contribution in [2.24, 2.45) is 11.7 Å². The Labute approximate surface area is 113 Å². The zero-order chi connectivity index (χ0) is 13.6. The molecule has 0 aromatic carbocycles. The number of rotatable bonds is 6. The van der Waals surface area contributed by atoms with Crippen LogP contribution in [0.25, 0.3) is 0 Å². The fraction of sp³-hybridized carbons (Fsp3) is 0.750. The molecule has 106 valence electrons. The minimum atomic E-state index is -3.50. The number of aromatic nitrogens is 2. The maximum atomic E-state index is 12.8. The van der Waals surface area contributed by atoms with E-state index in [0.29, 0.717) is 18.0 Å². The van der Waals surface area contributed by atoms with E-state index in [4.69, 9.17) is 5.73 Å². The average molecular weight is 284 g/mol. The average Bonchev–Trinajstić information content (AvgIpc) is 3.24. The Kier molecular flexibility index (Phi) is 3.15. The molecule has 1 aromatic rings. The summed E-state index contributed by atoms with van der Waals surface area (Å²) in [5, 5.41) is 6.85. The van der Waals surface area contributed by atoms with Crippen molar-refractivity contribution in [2.75, 3.05) is 6.54 Å². The molecule has 1 heterocycles. The third-order valence-electron chi connectivity index (χ3n) is 3.88. The number of aryl methyl sites for hydroxylation is 1. The second kappa shape index (κ2) is 4.57. The third kappa shape index (κ3) is 2.42. The normalized spacial score (nSPS) is 20.2. The lowest BCUT2D eigenvalue weighted by Gasteiger charge is -2.21. The fourth-order valence-corrected chi connectivity index (χ4v) is 4.30. The van der Waals surface area contributed by atoms with Crippen LogP contribution < -0.4 is 5.73 Å². The van der Waals surface area contributed by atoms with E-state index in [1.54, 1.807) is 11.2 Å². The van der Waals surface area contributed by atoms with Gasteiger partial charge < -0.3 is 5.73 Å². The zero-order valence-electron chi connectivity index (χ0n) is 11.1. The van der Waals surface area contributed by atoms with Gasteiger partial charge in [-0.15, -0.1) is 0 Å². The quantitative estimate of drug-likeness (QED) is 0.806.